The second-order valence-electron chi connectivity index (χ2n) is 17.3. The first kappa shape index (κ1) is 32.2. The smallest absolute Gasteiger partial charge is 0.163 e. The van der Waals surface area contributed by atoms with Crippen LogP contribution in [0.15, 0.2) is 138 Å². The van der Waals surface area contributed by atoms with Crippen molar-refractivity contribution in [2.45, 2.75) is 56.8 Å². The Balaban J connectivity index is 1.06. The van der Waals surface area contributed by atoms with Crippen molar-refractivity contribution < 1.29 is 9.15 Å². The molecule has 56 heavy (non-hydrogen) atoms. The molecule has 1 unspecified atom stereocenters. The summed E-state index contributed by atoms with van der Waals surface area (Å²) in [4.78, 5) is 16.1. The molecule has 5 aliphatic rings. The van der Waals surface area contributed by atoms with E-state index in [1.807, 2.05) is 12.1 Å². The maximum Gasteiger partial charge on any atom is 0.163 e. The van der Waals surface area contributed by atoms with Crippen LogP contribution in [0.1, 0.15) is 74.0 Å². The van der Waals surface area contributed by atoms with Crippen molar-refractivity contribution in [3.63, 3.8) is 0 Å². The van der Waals surface area contributed by atoms with Crippen LogP contribution in [0, 0.1) is 17.8 Å². The Morgan fingerprint density at radius 1 is 0.536 bits per heavy atom. The van der Waals surface area contributed by atoms with Gasteiger partial charge in [0.25, 0.3) is 0 Å². The van der Waals surface area contributed by atoms with Gasteiger partial charge in [-0.05, 0) is 109 Å². The zero-order valence-electron chi connectivity index (χ0n) is 31.6. The summed E-state index contributed by atoms with van der Waals surface area (Å²) in [5.41, 5.74) is 10.3. The minimum atomic E-state index is -0.517. The molecule has 0 N–H and O–H groups in total. The fourth-order valence-electron chi connectivity index (χ4n) is 11.3. The lowest BCUT2D eigenvalue weighted by molar-refractivity contribution is 0.0803. The van der Waals surface area contributed by atoms with Crippen LogP contribution in [0.4, 0.5) is 0 Å². The van der Waals surface area contributed by atoms with Gasteiger partial charge < -0.3 is 9.15 Å². The Morgan fingerprint density at radius 2 is 1.16 bits per heavy atom. The Hall–Kier alpha value is -6.07. The van der Waals surface area contributed by atoms with Crippen LogP contribution in [0.3, 0.4) is 0 Å². The van der Waals surface area contributed by atoms with Gasteiger partial charge in [-0.3, -0.25) is 0 Å². The zero-order chi connectivity index (χ0) is 37.2. The highest BCUT2D eigenvalue weighted by atomic mass is 16.5. The molecule has 6 aromatic carbocycles. The first-order valence-corrected chi connectivity index (χ1v) is 20.2. The highest BCUT2D eigenvalue weighted by Gasteiger charge is 2.51. The molecule has 13 rings (SSSR count). The highest BCUT2D eigenvalue weighted by Crippen LogP contribution is 2.62. The normalized spacial score (nSPS) is 22.6. The molecule has 1 spiro atoms. The van der Waals surface area contributed by atoms with Gasteiger partial charge in [0.2, 0.25) is 0 Å². The van der Waals surface area contributed by atoms with Gasteiger partial charge in [0.05, 0.1) is 5.41 Å². The average molecular weight is 728 g/mol. The molecule has 8 aromatic rings. The van der Waals surface area contributed by atoms with Crippen LogP contribution in [0.5, 0.6) is 11.5 Å². The topological polar surface area (TPSA) is 61.0 Å². The molecular weight excluding hydrogens is 687 g/mol. The number of benzene rings is 6. The molecule has 0 radical (unpaired) electrons. The number of hydrogen-bond donors (Lipinski definition) is 0. The van der Waals surface area contributed by atoms with Crippen molar-refractivity contribution in [3.8, 4) is 45.4 Å². The van der Waals surface area contributed by atoms with E-state index in [4.69, 9.17) is 24.1 Å². The van der Waals surface area contributed by atoms with Crippen molar-refractivity contribution >= 4 is 21.9 Å². The van der Waals surface area contributed by atoms with E-state index in [9.17, 15) is 0 Å². The molecule has 2 bridgehead atoms. The summed E-state index contributed by atoms with van der Waals surface area (Å²) < 4.78 is 13.1. The molecule has 5 nitrogen and oxygen atoms in total. The fourth-order valence-corrected chi connectivity index (χ4v) is 11.3. The maximum atomic E-state index is 6.90. The summed E-state index contributed by atoms with van der Waals surface area (Å²) in [6.45, 7) is 4.83. The van der Waals surface area contributed by atoms with Gasteiger partial charge in [0.15, 0.2) is 11.6 Å². The summed E-state index contributed by atoms with van der Waals surface area (Å²) in [5, 5.41) is 2.16. The van der Waals surface area contributed by atoms with Crippen LogP contribution in [-0.2, 0) is 10.8 Å². The van der Waals surface area contributed by atoms with Crippen molar-refractivity contribution in [2.24, 2.45) is 17.8 Å². The third kappa shape index (κ3) is 4.57. The number of rotatable bonds is 3. The van der Waals surface area contributed by atoms with Crippen molar-refractivity contribution in [2.75, 3.05) is 0 Å². The standard InChI is InChI=1S/C51H41N3O2/c1-30-23-31-24-32(25-31)29-50(2,28-30)49-53-47(33-20-22-44-38(26-33)37-13-5-9-17-43(37)55-44)52-48(54-49)34-19-21-42-46(27-34)56-45-18-10-8-16-41(45)51(42)39-14-6-3-11-35(39)36-12-4-7-15-40(36)51/h3-22,26-27,30-32H,23-25,28-29H2,1-2H3/t30-,31?,32?,50?/m0/s1. The first-order chi connectivity index (χ1) is 27.4. The summed E-state index contributed by atoms with van der Waals surface area (Å²) in [7, 11) is 0. The predicted molar refractivity (Wildman–Crippen MR) is 222 cm³/mol. The molecule has 1 aliphatic heterocycles. The Bertz CT molecular complexity index is 2850. The van der Waals surface area contributed by atoms with Crippen LogP contribution >= 0.6 is 0 Å². The van der Waals surface area contributed by atoms with Gasteiger partial charge in [0.1, 0.15) is 28.5 Å². The summed E-state index contributed by atoms with van der Waals surface area (Å²) >= 11 is 0. The molecule has 3 heterocycles. The molecule has 0 saturated heterocycles. The summed E-state index contributed by atoms with van der Waals surface area (Å²) in [6, 6.07) is 47.5. The number of aromatic nitrogens is 3. The second-order valence-corrected chi connectivity index (χ2v) is 17.3. The number of nitrogens with zero attached hydrogens (tertiary/aromatic N) is 3. The fraction of sp³-hybridized carbons (Fsp3) is 0.235. The molecule has 272 valence electrons. The van der Waals surface area contributed by atoms with Gasteiger partial charge in [0, 0.05) is 38.4 Å². The monoisotopic (exact) mass is 727 g/mol. The van der Waals surface area contributed by atoms with E-state index in [0.717, 1.165) is 86.2 Å². The van der Waals surface area contributed by atoms with Gasteiger partial charge in [-0.2, -0.15) is 0 Å². The number of hydrogen-bond acceptors (Lipinski definition) is 5. The third-order valence-corrected chi connectivity index (χ3v) is 13.5. The van der Waals surface area contributed by atoms with Crippen molar-refractivity contribution in [3.05, 3.63) is 162 Å². The molecule has 5 heteroatoms. The highest BCUT2D eigenvalue weighted by molar-refractivity contribution is 6.06. The Kier molecular flexibility index (Phi) is 6.74. The molecule has 4 aliphatic carbocycles. The first-order valence-electron chi connectivity index (χ1n) is 20.2. The lowest BCUT2D eigenvalue weighted by Crippen LogP contribution is -2.39. The van der Waals surface area contributed by atoms with Crippen molar-refractivity contribution in [1.29, 1.82) is 0 Å². The van der Waals surface area contributed by atoms with Gasteiger partial charge in [-0.15, -0.1) is 0 Å². The lowest BCUT2D eigenvalue weighted by Gasteiger charge is -2.46. The van der Waals surface area contributed by atoms with E-state index in [2.05, 4.69) is 135 Å². The SMILES string of the molecule is C[C@H]1CC2CC(C2)CC(C)(c2nc(-c3ccc4c(c3)Oc3ccccc3C43c4ccccc4-c4ccccc43)nc(-c3ccc4oc5ccccc5c4c3)n2)C1. The van der Waals surface area contributed by atoms with Crippen LogP contribution in [0.2, 0.25) is 0 Å². The quantitative estimate of drug-likeness (QED) is 0.181. The van der Waals surface area contributed by atoms with E-state index in [0.29, 0.717) is 17.6 Å². The van der Waals surface area contributed by atoms with Crippen molar-refractivity contribution in [1.82, 2.24) is 15.0 Å². The molecule has 2 aromatic heterocycles. The van der Waals surface area contributed by atoms with Gasteiger partial charge >= 0.3 is 0 Å². The molecule has 3 saturated carbocycles. The minimum absolute atomic E-state index is 0.167. The molecule has 0 amide bonds. The Labute approximate surface area is 326 Å². The van der Waals surface area contributed by atoms with Gasteiger partial charge in [-0.1, -0.05) is 111 Å². The average Bonchev–Trinajstić information content (AvgIpc) is 3.73. The van der Waals surface area contributed by atoms with Gasteiger partial charge in [-0.25, -0.2) is 15.0 Å². The number of fused-ring (bicyclic) bond motifs is 16. The lowest BCUT2D eigenvalue weighted by atomic mass is 9.59. The summed E-state index contributed by atoms with van der Waals surface area (Å²) in [6.07, 6.45) is 6.12. The second kappa shape index (κ2) is 11.7. The van der Waals surface area contributed by atoms with Crippen LogP contribution < -0.4 is 4.74 Å². The van der Waals surface area contributed by atoms with Crippen LogP contribution in [0.25, 0.3) is 55.8 Å². The zero-order valence-corrected chi connectivity index (χ0v) is 31.6. The van der Waals surface area contributed by atoms with E-state index >= 15 is 0 Å². The van der Waals surface area contributed by atoms with E-state index in [-0.39, 0.29) is 5.41 Å². The Morgan fingerprint density at radius 3 is 1.95 bits per heavy atom. The maximum absolute atomic E-state index is 6.90. The number of ether oxygens (including phenoxy) is 1. The molecule has 3 fully saturated rings. The predicted octanol–water partition coefficient (Wildman–Crippen LogP) is 12.7. The van der Waals surface area contributed by atoms with E-state index in [1.165, 1.54) is 41.5 Å². The third-order valence-electron chi connectivity index (χ3n) is 13.5. The molecule has 2 atom stereocenters. The number of para-hydroxylation sites is 2. The van der Waals surface area contributed by atoms with E-state index < -0.39 is 5.41 Å². The molecular formula is C51H41N3O2. The number of furan rings is 1. The van der Waals surface area contributed by atoms with Crippen LogP contribution in [-0.4, -0.2) is 15.0 Å². The largest absolute Gasteiger partial charge is 0.457 e. The summed E-state index contributed by atoms with van der Waals surface area (Å²) in [5.74, 6) is 6.17. The minimum Gasteiger partial charge on any atom is -0.457 e. The van der Waals surface area contributed by atoms with E-state index in [1.54, 1.807) is 0 Å².